The first-order valence-electron chi connectivity index (χ1n) is 5.18. The summed E-state index contributed by atoms with van der Waals surface area (Å²) in [5.41, 5.74) is 0. The van der Waals surface area contributed by atoms with Gasteiger partial charge in [0.2, 0.25) is 0 Å². The van der Waals surface area contributed by atoms with Crippen molar-refractivity contribution in [3.8, 4) is 0 Å². The summed E-state index contributed by atoms with van der Waals surface area (Å²) in [6.45, 7) is 7.65. The van der Waals surface area contributed by atoms with Crippen molar-refractivity contribution in [1.82, 2.24) is 10.2 Å². The fourth-order valence-electron chi connectivity index (χ4n) is 1.55. The van der Waals surface area contributed by atoms with Crippen LogP contribution in [0.4, 0.5) is 8.78 Å². The van der Waals surface area contributed by atoms with Crippen molar-refractivity contribution in [3.05, 3.63) is 0 Å². The van der Waals surface area contributed by atoms with Gasteiger partial charge < -0.3 is 5.32 Å². The molecule has 0 aliphatic rings. The second-order valence-electron chi connectivity index (χ2n) is 3.95. The van der Waals surface area contributed by atoms with Gasteiger partial charge in [-0.1, -0.05) is 20.8 Å². The molecule has 14 heavy (non-hydrogen) atoms. The molecule has 0 aromatic heterocycles. The molecule has 86 valence electrons. The maximum atomic E-state index is 12.2. The molecule has 1 unspecified atom stereocenters. The molecule has 0 bridgehead atoms. The van der Waals surface area contributed by atoms with E-state index < -0.39 is 6.43 Å². The third-order valence-corrected chi connectivity index (χ3v) is 2.37. The molecule has 0 aromatic carbocycles. The fourth-order valence-corrected chi connectivity index (χ4v) is 1.55. The highest BCUT2D eigenvalue weighted by atomic mass is 19.3. The molecule has 4 heteroatoms. The Hall–Kier alpha value is -0.220. The molecule has 1 atom stereocenters. The van der Waals surface area contributed by atoms with Gasteiger partial charge in [-0.2, -0.15) is 0 Å². The summed E-state index contributed by atoms with van der Waals surface area (Å²) in [5.74, 6) is 0.387. The van der Waals surface area contributed by atoms with Gasteiger partial charge in [0, 0.05) is 12.6 Å². The first kappa shape index (κ1) is 13.8. The number of alkyl halides is 2. The molecule has 0 saturated carbocycles. The Labute approximate surface area is 85.7 Å². The topological polar surface area (TPSA) is 15.3 Å². The van der Waals surface area contributed by atoms with Crippen LogP contribution in [0.3, 0.4) is 0 Å². The van der Waals surface area contributed by atoms with Gasteiger partial charge in [0.25, 0.3) is 6.43 Å². The zero-order valence-electron chi connectivity index (χ0n) is 9.56. The lowest BCUT2D eigenvalue weighted by Crippen LogP contribution is -2.45. The molecule has 0 rings (SSSR count). The SMILES string of the molecule is CCNCC(C(C)C)N(C)CC(F)F. The van der Waals surface area contributed by atoms with E-state index in [9.17, 15) is 8.78 Å². The van der Waals surface area contributed by atoms with Crippen LogP contribution in [0, 0.1) is 5.92 Å². The largest absolute Gasteiger partial charge is 0.315 e. The van der Waals surface area contributed by atoms with Gasteiger partial charge in [-0.15, -0.1) is 0 Å². The lowest BCUT2D eigenvalue weighted by molar-refractivity contribution is 0.0688. The highest BCUT2D eigenvalue weighted by Gasteiger charge is 2.20. The molecule has 0 fully saturated rings. The van der Waals surface area contributed by atoms with Gasteiger partial charge in [0.05, 0.1) is 6.54 Å². The summed E-state index contributed by atoms with van der Waals surface area (Å²) < 4.78 is 24.3. The summed E-state index contributed by atoms with van der Waals surface area (Å²) in [7, 11) is 1.76. The van der Waals surface area contributed by atoms with Crippen LogP contribution in [0.15, 0.2) is 0 Å². The Bertz CT molecular complexity index is 140. The van der Waals surface area contributed by atoms with Crippen molar-refractivity contribution in [2.45, 2.75) is 33.2 Å². The normalized spacial score (nSPS) is 14.4. The van der Waals surface area contributed by atoms with Crippen LogP contribution in [0.2, 0.25) is 0 Å². The first-order chi connectivity index (χ1) is 6.49. The number of halogens is 2. The van der Waals surface area contributed by atoms with Gasteiger partial charge in [0.15, 0.2) is 0 Å². The number of nitrogens with one attached hydrogen (secondary N) is 1. The summed E-state index contributed by atoms with van der Waals surface area (Å²) in [5, 5.41) is 3.20. The predicted octanol–water partition coefficient (Wildman–Crippen LogP) is 1.82. The molecule has 0 saturated heterocycles. The van der Waals surface area contributed by atoms with Crippen molar-refractivity contribution in [2.75, 3.05) is 26.7 Å². The zero-order chi connectivity index (χ0) is 11.1. The first-order valence-corrected chi connectivity index (χ1v) is 5.18. The van der Waals surface area contributed by atoms with E-state index >= 15 is 0 Å². The summed E-state index contributed by atoms with van der Waals surface area (Å²) >= 11 is 0. The van der Waals surface area contributed by atoms with E-state index in [1.807, 2.05) is 6.92 Å². The van der Waals surface area contributed by atoms with Gasteiger partial charge in [-0.25, -0.2) is 8.78 Å². The minimum absolute atomic E-state index is 0.145. The van der Waals surface area contributed by atoms with Crippen LogP contribution < -0.4 is 5.32 Å². The van der Waals surface area contributed by atoms with E-state index in [2.05, 4.69) is 19.2 Å². The Morgan fingerprint density at radius 1 is 1.29 bits per heavy atom. The van der Waals surface area contributed by atoms with Gasteiger partial charge >= 0.3 is 0 Å². The number of likely N-dealkylation sites (N-methyl/N-ethyl adjacent to an activating group) is 2. The van der Waals surface area contributed by atoms with Gasteiger partial charge in [-0.3, -0.25) is 4.90 Å². The molecule has 0 spiro atoms. The quantitative estimate of drug-likeness (QED) is 0.686. The van der Waals surface area contributed by atoms with Crippen LogP contribution in [-0.2, 0) is 0 Å². The second kappa shape index (κ2) is 7.12. The Kier molecular flexibility index (Phi) is 7.01. The van der Waals surface area contributed by atoms with Crippen LogP contribution >= 0.6 is 0 Å². The fraction of sp³-hybridized carbons (Fsp3) is 1.00. The van der Waals surface area contributed by atoms with Gasteiger partial charge in [-0.05, 0) is 19.5 Å². The molecule has 0 aliphatic carbocycles. The van der Waals surface area contributed by atoms with Crippen molar-refractivity contribution >= 4 is 0 Å². The zero-order valence-corrected chi connectivity index (χ0v) is 9.56. The summed E-state index contributed by atoms with van der Waals surface area (Å²) in [4.78, 5) is 1.73. The highest BCUT2D eigenvalue weighted by molar-refractivity contribution is 4.75. The number of hydrogen-bond donors (Lipinski definition) is 1. The molecule has 2 nitrogen and oxygen atoms in total. The van der Waals surface area contributed by atoms with E-state index in [0.29, 0.717) is 5.92 Å². The average molecular weight is 208 g/mol. The smallest absolute Gasteiger partial charge is 0.251 e. The molecule has 0 aliphatic heterocycles. The molecule has 0 radical (unpaired) electrons. The van der Waals surface area contributed by atoms with E-state index in [1.165, 1.54) is 0 Å². The lowest BCUT2D eigenvalue weighted by Gasteiger charge is -2.31. The van der Waals surface area contributed by atoms with Crippen molar-refractivity contribution in [1.29, 1.82) is 0 Å². The van der Waals surface area contributed by atoms with Crippen molar-refractivity contribution in [3.63, 3.8) is 0 Å². The standard InChI is InChI=1S/C10H22F2N2/c1-5-13-6-9(8(2)3)14(4)7-10(11)12/h8-10,13H,5-7H2,1-4H3. The minimum atomic E-state index is -2.25. The number of nitrogens with zero attached hydrogens (tertiary/aromatic N) is 1. The van der Waals surface area contributed by atoms with E-state index in [4.69, 9.17) is 0 Å². The monoisotopic (exact) mass is 208 g/mol. The second-order valence-corrected chi connectivity index (χ2v) is 3.95. The Morgan fingerprint density at radius 2 is 1.86 bits per heavy atom. The lowest BCUT2D eigenvalue weighted by atomic mass is 10.0. The predicted molar refractivity (Wildman–Crippen MR) is 55.8 cm³/mol. The molecule has 0 amide bonds. The van der Waals surface area contributed by atoms with E-state index in [1.54, 1.807) is 11.9 Å². The van der Waals surface area contributed by atoms with Crippen LogP contribution in [0.1, 0.15) is 20.8 Å². The maximum absolute atomic E-state index is 12.2. The van der Waals surface area contributed by atoms with Crippen molar-refractivity contribution in [2.24, 2.45) is 5.92 Å². The Morgan fingerprint density at radius 3 is 2.21 bits per heavy atom. The van der Waals surface area contributed by atoms with Crippen molar-refractivity contribution < 1.29 is 8.78 Å². The summed E-state index contributed by atoms with van der Waals surface area (Å²) in [6.07, 6.45) is -2.25. The third-order valence-electron chi connectivity index (χ3n) is 2.37. The molecule has 0 aromatic rings. The number of hydrogen-bond acceptors (Lipinski definition) is 2. The minimum Gasteiger partial charge on any atom is -0.315 e. The molecule has 0 heterocycles. The van der Waals surface area contributed by atoms with Crippen LogP contribution in [0.5, 0.6) is 0 Å². The summed E-state index contributed by atoms with van der Waals surface area (Å²) in [6, 6.07) is 0.184. The van der Waals surface area contributed by atoms with Crippen LogP contribution in [0.25, 0.3) is 0 Å². The van der Waals surface area contributed by atoms with Gasteiger partial charge in [0.1, 0.15) is 0 Å². The van der Waals surface area contributed by atoms with Crippen LogP contribution in [-0.4, -0.2) is 44.0 Å². The third kappa shape index (κ3) is 5.50. The average Bonchev–Trinajstić information content (AvgIpc) is 2.02. The maximum Gasteiger partial charge on any atom is 0.251 e. The highest BCUT2D eigenvalue weighted by Crippen LogP contribution is 2.09. The molecular formula is C10H22F2N2. The molecular weight excluding hydrogens is 186 g/mol. The molecule has 1 N–H and O–H groups in total. The van der Waals surface area contributed by atoms with E-state index in [-0.39, 0.29) is 12.6 Å². The van der Waals surface area contributed by atoms with E-state index in [0.717, 1.165) is 13.1 Å². The number of rotatable bonds is 7. The Balaban J connectivity index is 4.04.